The number of nitrogens with zero attached hydrogens (tertiary/aromatic N) is 2. The van der Waals surface area contributed by atoms with Gasteiger partial charge < -0.3 is 14.4 Å². The van der Waals surface area contributed by atoms with Gasteiger partial charge in [0.25, 0.3) is 0 Å². The molecule has 1 heterocycles. The maximum atomic E-state index is 14.1. The molecule has 8 heteroatoms. The molecule has 6 nitrogen and oxygen atoms in total. The SMILES string of the molecule is COCC1CN(/C(N=N)=C(/C=C(\C)c2cc(Cl)ccc2F)C(=O)OC)C1. The summed E-state index contributed by atoms with van der Waals surface area (Å²) in [7, 11) is 2.87. The van der Waals surface area contributed by atoms with E-state index in [2.05, 4.69) is 5.11 Å². The molecule has 0 aromatic heterocycles. The zero-order chi connectivity index (χ0) is 19.3. The van der Waals surface area contributed by atoms with E-state index in [9.17, 15) is 9.18 Å². The molecule has 26 heavy (non-hydrogen) atoms. The quantitative estimate of drug-likeness (QED) is 0.336. The third-order valence-corrected chi connectivity index (χ3v) is 4.36. The zero-order valence-corrected chi connectivity index (χ0v) is 15.6. The van der Waals surface area contributed by atoms with Gasteiger partial charge in [0.15, 0.2) is 5.82 Å². The molecule has 1 aliphatic rings. The smallest absolute Gasteiger partial charge is 0.341 e. The average Bonchev–Trinajstić information content (AvgIpc) is 2.60. The minimum Gasteiger partial charge on any atom is -0.465 e. The number of ether oxygens (including phenoxy) is 2. The van der Waals surface area contributed by atoms with Crippen LogP contribution in [0.3, 0.4) is 0 Å². The van der Waals surface area contributed by atoms with Crippen molar-refractivity contribution in [3.05, 3.63) is 52.1 Å². The van der Waals surface area contributed by atoms with Gasteiger partial charge in [0.1, 0.15) is 11.4 Å². The van der Waals surface area contributed by atoms with Crippen molar-refractivity contribution in [2.75, 3.05) is 33.9 Å². The number of methoxy groups -OCH3 is 2. The molecule has 1 fully saturated rings. The predicted molar refractivity (Wildman–Crippen MR) is 96.2 cm³/mol. The van der Waals surface area contributed by atoms with Crippen LogP contribution in [0.2, 0.25) is 5.02 Å². The second-order valence-corrected chi connectivity index (χ2v) is 6.45. The summed E-state index contributed by atoms with van der Waals surface area (Å²) in [5.74, 6) is -0.606. The minimum absolute atomic E-state index is 0.0928. The Morgan fingerprint density at radius 3 is 2.73 bits per heavy atom. The molecule has 1 aromatic rings. The number of likely N-dealkylation sites (tertiary alicyclic amines) is 1. The van der Waals surface area contributed by atoms with Crippen molar-refractivity contribution >= 4 is 23.1 Å². The van der Waals surface area contributed by atoms with Crippen molar-refractivity contribution in [2.45, 2.75) is 6.92 Å². The summed E-state index contributed by atoms with van der Waals surface area (Å²) in [5.41, 5.74) is 8.31. The summed E-state index contributed by atoms with van der Waals surface area (Å²) in [6.07, 6.45) is 1.47. The molecule has 1 N–H and O–H groups in total. The number of halogens is 2. The van der Waals surface area contributed by atoms with Gasteiger partial charge in [-0.05, 0) is 36.8 Å². The molecular formula is C18H21ClFN3O3. The Bertz CT molecular complexity index is 758. The first-order valence-electron chi connectivity index (χ1n) is 7.98. The lowest BCUT2D eigenvalue weighted by molar-refractivity contribution is -0.135. The van der Waals surface area contributed by atoms with Crippen molar-refractivity contribution in [1.29, 1.82) is 5.53 Å². The summed E-state index contributed by atoms with van der Waals surface area (Å²) in [6.45, 7) is 3.48. The molecule has 0 saturated carbocycles. The Morgan fingerprint density at radius 1 is 1.46 bits per heavy atom. The molecule has 0 bridgehead atoms. The monoisotopic (exact) mass is 381 g/mol. The first kappa shape index (κ1) is 20.1. The summed E-state index contributed by atoms with van der Waals surface area (Å²) in [6, 6.07) is 4.19. The van der Waals surface area contributed by atoms with Gasteiger partial charge in [-0.1, -0.05) is 11.6 Å². The van der Waals surface area contributed by atoms with Crippen LogP contribution < -0.4 is 0 Å². The molecule has 0 aliphatic carbocycles. The van der Waals surface area contributed by atoms with Gasteiger partial charge in [-0.25, -0.2) is 14.7 Å². The molecule has 0 unspecified atom stereocenters. The highest BCUT2D eigenvalue weighted by molar-refractivity contribution is 6.30. The number of hydrogen-bond donors (Lipinski definition) is 1. The maximum Gasteiger partial charge on any atom is 0.341 e. The largest absolute Gasteiger partial charge is 0.465 e. The highest BCUT2D eigenvalue weighted by atomic mass is 35.5. The molecule has 0 spiro atoms. The first-order valence-corrected chi connectivity index (χ1v) is 8.36. The van der Waals surface area contributed by atoms with Crippen molar-refractivity contribution in [1.82, 2.24) is 4.90 Å². The highest BCUT2D eigenvalue weighted by Gasteiger charge is 2.31. The molecule has 0 atom stereocenters. The fraction of sp³-hybridized carbons (Fsp3) is 0.389. The number of rotatable bonds is 7. The van der Waals surface area contributed by atoms with Crippen LogP contribution >= 0.6 is 11.6 Å². The number of allylic oxidation sites excluding steroid dienone is 1. The van der Waals surface area contributed by atoms with E-state index in [1.807, 2.05) is 0 Å². The highest BCUT2D eigenvalue weighted by Crippen LogP contribution is 2.28. The van der Waals surface area contributed by atoms with E-state index in [1.54, 1.807) is 18.9 Å². The molecule has 0 amide bonds. The summed E-state index contributed by atoms with van der Waals surface area (Å²) < 4.78 is 24.0. The van der Waals surface area contributed by atoms with Crippen molar-refractivity contribution < 1.29 is 18.7 Å². The standard InChI is InChI=1S/C18H21ClFN3O3/c1-11(14-7-13(19)4-5-16(14)20)6-15(18(24)26-3)17(22-21)23-8-12(9-23)10-25-2/h4-7,12,21H,8-10H2,1-3H3/b11-6+,17-15-,22-21?. The topological polar surface area (TPSA) is 75.0 Å². The van der Waals surface area contributed by atoms with Crippen LogP contribution in [0.15, 0.2) is 40.8 Å². The summed E-state index contributed by atoms with van der Waals surface area (Å²) in [5, 5.41) is 3.89. The van der Waals surface area contributed by atoms with Crippen LogP contribution in [0.1, 0.15) is 12.5 Å². The zero-order valence-electron chi connectivity index (χ0n) is 14.9. The number of nitrogens with one attached hydrogen (secondary N) is 1. The molecule has 2 rings (SSSR count). The van der Waals surface area contributed by atoms with E-state index in [-0.39, 0.29) is 17.0 Å². The van der Waals surface area contributed by atoms with Crippen LogP contribution in [0.25, 0.3) is 5.57 Å². The third-order valence-electron chi connectivity index (χ3n) is 4.13. The number of hydrogen-bond acceptors (Lipinski definition) is 6. The number of carbonyl (C=O) groups excluding carboxylic acids is 1. The molecule has 1 saturated heterocycles. The fourth-order valence-electron chi connectivity index (χ4n) is 2.80. The van der Waals surface area contributed by atoms with Crippen molar-refractivity contribution in [3.63, 3.8) is 0 Å². The minimum atomic E-state index is -0.645. The summed E-state index contributed by atoms with van der Waals surface area (Å²) in [4.78, 5) is 14.0. The van der Waals surface area contributed by atoms with Crippen molar-refractivity contribution in [2.24, 2.45) is 11.0 Å². The maximum absolute atomic E-state index is 14.1. The van der Waals surface area contributed by atoms with Crippen LogP contribution in [0.4, 0.5) is 4.39 Å². The Balaban J connectivity index is 2.41. The van der Waals surface area contributed by atoms with E-state index in [1.165, 1.54) is 31.4 Å². The van der Waals surface area contributed by atoms with Gasteiger partial charge in [-0.3, -0.25) is 0 Å². The van der Waals surface area contributed by atoms with E-state index in [4.69, 9.17) is 26.6 Å². The average molecular weight is 382 g/mol. The Kier molecular flexibility index (Phi) is 6.88. The number of esters is 1. The number of carbonyl (C=O) groups is 1. The van der Waals surface area contributed by atoms with Gasteiger partial charge in [0.2, 0.25) is 0 Å². The Labute approximate surface area is 156 Å². The van der Waals surface area contributed by atoms with Crippen molar-refractivity contribution in [3.8, 4) is 0 Å². The second-order valence-electron chi connectivity index (χ2n) is 6.02. The van der Waals surface area contributed by atoms with Crippen LogP contribution in [0, 0.1) is 17.3 Å². The number of benzene rings is 1. The lowest BCUT2D eigenvalue weighted by Gasteiger charge is -2.40. The third kappa shape index (κ3) is 4.47. The van der Waals surface area contributed by atoms with Crippen LogP contribution in [-0.2, 0) is 14.3 Å². The van der Waals surface area contributed by atoms with E-state index < -0.39 is 11.8 Å². The van der Waals surface area contributed by atoms with Gasteiger partial charge >= 0.3 is 5.97 Å². The van der Waals surface area contributed by atoms with Gasteiger partial charge in [0, 0.05) is 36.7 Å². The second kappa shape index (κ2) is 8.91. The van der Waals surface area contributed by atoms with E-state index >= 15 is 0 Å². The van der Waals surface area contributed by atoms with Gasteiger partial charge in [-0.2, -0.15) is 0 Å². The molecule has 0 radical (unpaired) electrons. The van der Waals surface area contributed by atoms with Gasteiger partial charge in [-0.15, -0.1) is 5.11 Å². The lowest BCUT2D eigenvalue weighted by Crippen LogP contribution is -2.48. The predicted octanol–water partition coefficient (Wildman–Crippen LogP) is 3.88. The van der Waals surface area contributed by atoms with Crippen LogP contribution in [0.5, 0.6) is 0 Å². The Hall–Kier alpha value is -2.25. The van der Waals surface area contributed by atoms with E-state index in [0.717, 1.165) is 0 Å². The Morgan fingerprint density at radius 2 is 2.15 bits per heavy atom. The molecular weight excluding hydrogens is 361 g/mol. The van der Waals surface area contributed by atoms with Crippen LogP contribution in [-0.4, -0.2) is 44.8 Å². The molecule has 1 aromatic carbocycles. The lowest BCUT2D eigenvalue weighted by atomic mass is 9.99. The normalized spacial score (nSPS) is 16.0. The fourth-order valence-corrected chi connectivity index (χ4v) is 2.98. The first-order chi connectivity index (χ1) is 12.4. The molecule has 140 valence electrons. The molecule has 1 aliphatic heterocycles. The van der Waals surface area contributed by atoms with Gasteiger partial charge in [0.05, 0.1) is 13.7 Å². The summed E-state index contributed by atoms with van der Waals surface area (Å²) >= 11 is 5.94. The van der Waals surface area contributed by atoms with E-state index in [0.29, 0.717) is 36.2 Å².